The van der Waals surface area contributed by atoms with Crippen molar-refractivity contribution in [1.82, 2.24) is 10.2 Å². The molecule has 1 aliphatic heterocycles. The number of hydrogen-bond acceptors (Lipinski definition) is 9. The first-order valence-corrected chi connectivity index (χ1v) is 15.0. The number of allylic oxidation sites excluding steroid dienone is 3. The summed E-state index contributed by atoms with van der Waals surface area (Å²) in [6.45, 7) is 3.96. The average Bonchev–Trinajstić information content (AvgIpc) is 3.40. The zero-order valence-corrected chi connectivity index (χ0v) is 24.8. The lowest BCUT2D eigenvalue weighted by atomic mass is 9.76. The molecule has 8 nitrogen and oxygen atoms in total. The monoisotopic (exact) mass is 610 g/mol. The number of ketones is 1. The third-order valence-corrected chi connectivity index (χ3v) is 9.87. The summed E-state index contributed by atoms with van der Waals surface area (Å²) in [5, 5.41) is 22.7. The van der Waals surface area contributed by atoms with Crippen LogP contribution in [0.3, 0.4) is 0 Å². The van der Waals surface area contributed by atoms with Gasteiger partial charge >= 0.3 is 0 Å². The third kappa shape index (κ3) is 5.22. The number of aryl methyl sites for hydroxylation is 1. The molecule has 0 saturated heterocycles. The van der Waals surface area contributed by atoms with E-state index in [1.54, 1.807) is 23.1 Å². The van der Waals surface area contributed by atoms with E-state index in [2.05, 4.69) is 21.6 Å². The number of benzene rings is 2. The average molecular weight is 612 g/mol. The van der Waals surface area contributed by atoms with Gasteiger partial charge in [0, 0.05) is 23.4 Å². The second kappa shape index (κ2) is 11.6. The van der Waals surface area contributed by atoms with Crippen LogP contribution in [0.25, 0.3) is 0 Å². The zero-order valence-electron chi connectivity index (χ0n) is 21.6. The number of Topliss-reactive ketones (excluding diaryl/α,β-unsaturated/α-hetero) is 1. The first kappa shape index (κ1) is 28.2. The highest BCUT2D eigenvalue weighted by Crippen LogP contribution is 2.49. The molecule has 2 aromatic carbocycles. The highest BCUT2D eigenvalue weighted by Gasteiger charge is 2.42. The van der Waals surface area contributed by atoms with Crippen LogP contribution in [-0.2, 0) is 9.59 Å². The van der Waals surface area contributed by atoms with Crippen molar-refractivity contribution in [2.24, 2.45) is 5.73 Å². The number of aromatic nitrogens is 2. The number of carbonyl (C=O) groups excluding carboxylic acids is 2. The van der Waals surface area contributed by atoms with Gasteiger partial charge in [0.05, 0.1) is 33.4 Å². The van der Waals surface area contributed by atoms with Crippen LogP contribution in [-0.4, -0.2) is 27.6 Å². The van der Waals surface area contributed by atoms with Crippen molar-refractivity contribution >= 4 is 68.8 Å². The number of nitrogens with one attached hydrogen (secondary N) is 1. The number of nitriles is 1. The van der Waals surface area contributed by atoms with Crippen molar-refractivity contribution in [3.05, 3.63) is 85.8 Å². The minimum atomic E-state index is -0.731. The van der Waals surface area contributed by atoms with E-state index in [0.717, 1.165) is 16.8 Å². The first-order valence-electron chi connectivity index (χ1n) is 12.4. The summed E-state index contributed by atoms with van der Waals surface area (Å²) in [6, 6.07) is 13.1. The molecule has 5 rings (SSSR count). The third-order valence-electron chi connectivity index (χ3n) is 7.00. The highest BCUT2D eigenvalue weighted by molar-refractivity contribution is 8.01. The largest absolute Gasteiger partial charge is 0.384 e. The molecule has 0 fully saturated rings. The molecule has 0 radical (unpaired) electrons. The Labute approximate surface area is 249 Å². The second-order valence-electron chi connectivity index (χ2n) is 9.39. The quantitative estimate of drug-likeness (QED) is 0.303. The van der Waals surface area contributed by atoms with Gasteiger partial charge in [0.2, 0.25) is 11.0 Å². The minimum absolute atomic E-state index is 0.0743. The standard InChI is InChI=1S/C28H24Cl2N6O2S2/c1-14-6-3-9-19(15(14)2)33-22(38)13-39-28-35-34-27(40-28)36-20-10-5-11-21(37)24(20)23(17(12-31)26(36)32)16-7-4-8-18(29)25(16)30/h3-4,6-9,23H,5,10-11,13,32H2,1-2H3,(H,33,38). The number of thioether (sulfide) groups is 1. The number of halogens is 2. The SMILES string of the molecule is Cc1cccc(NC(=O)CSc2nnc(N3C(N)=C(C#N)C(c4cccc(Cl)c4Cl)C4=C3CCCC4=O)s2)c1C. The molecule has 2 aliphatic rings. The van der Waals surface area contributed by atoms with Gasteiger partial charge in [0.1, 0.15) is 5.82 Å². The maximum absolute atomic E-state index is 13.3. The lowest BCUT2D eigenvalue weighted by molar-refractivity contribution is -0.116. The number of hydrogen-bond donors (Lipinski definition) is 2. The molecule has 1 unspecified atom stereocenters. The van der Waals surface area contributed by atoms with Gasteiger partial charge in [-0.15, -0.1) is 10.2 Å². The van der Waals surface area contributed by atoms with Crippen LogP contribution < -0.4 is 16.0 Å². The topological polar surface area (TPSA) is 125 Å². The Morgan fingerprint density at radius 1 is 1.23 bits per heavy atom. The Balaban J connectivity index is 1.44. The summed E-state index contributed by atoms with van der Waals surface area (Å²) in [7, 11) is 0. The van der Waals surface area contributed by atoms with Crippen LogP contribution in [0.5, 0.6) is 0 Å². The van der Waals surface area contributed by atoms with Crippen molar-refractivity contribution in [3.63, 3.8) is 0 Å². The predicted octanol–water partition coefficient (Wildman–Crippen LogP) is 6.50. The van der Waals surface area contributed by atoms with Gasteiger partial charge in [-0.25, -0.2) is 0 Å². The molecule has 1 atom stereocenters. The van der Waals surface area contributed by atoms with Crippen LogP contribution in [0.15, 0.2) is 63.4 Å². The molecule has 2 heterocycles. The van der Waals surface area contributed by atoms with Crippen LogP contribution in [0.1, 0.15) is 41.9 Å². The van der Waals surface area contributed by atoms with Crippen molar-refractivity contribution < 1.29 is 9.59 Å². The van der Waals surface area contributed by atoms with Gasteiger partial charge in [0.25, 0.3) is 0 Å². The highest BCUT2D eigenvalue weighted by atomic mass is 35.5. The summed E-state index contributed by atoms with van der Waals surface area (Å²) in [6.07, 6.45) is 1.56. The molecule has 1 aliphatic carbocycles. The van der Waals surface area contributed by atoms with Crippen LogP contribution >= 0.6 is 46.3 Å². The van der Waals surface area contributed by atoms with E-state index in [9.17, 15) is 14.9 Å². The first-order chi connectivity index (χ1) is 19.2. The predicted molar refractivity (Wildman–Crippen MR) is 160 cm³/mol. The molecular formula is C28H24Cl2N6O2S2. The molecular weight excluding hydrogens is 587 g/mol. The van der Waals surface area contributed by atoms with Gasteiger partial charge in [-0.1, -0.05) is 70.6 Å². The number of amides is 1. The van der Waals surface area contributed by atoms with Gasteiger partial charge in [-0.3, -0.25) is 14.5 Å². The lowest BCUT2D eigenvalue weighted by Gasteiger charge is -2.38. The van der Waals surface area contributed by atoms with E-state index in [1.165, 1.54) is 23.1 Å². The van der Waals surface area contributed by atoms with Crippen LogP contribution in [0.4, 0.5) is 10.8 Å². The minimum Gasteiger partial charge on any atom is -0.384 e. The summed E-state index contributed by atoms with van der Waals surface area (Å²) in [5.74, 6) is -0.667. The molecule has 1 amide bonds. The van der Waals surface area contributed by atoms with Gasteiger partial charge < -0.3 is 11.1 Å². The molecule has 3 aromatic rings. The smallest absolute Gasteiger partial charge is 0.234 e. The van der Waals surface area contributed by atoms with E-state index in [-0.39, 0.29) is 33.9 Å². The van der Waals surface area contributed by atoms with E-state index in [0.29, 0.717) is 50.6 Å². The zero-order chi connectivity index (χ0) is 28.6. The normalized spacial score (nSPS) is 17.1. The number of nitrogens with two attached hydrogens (primary N) is 1. The second-order valence-corrected chi connectivity index (χ2v) is 12.4. The Morgan fingerprint density at radius 3 is 2.77 bits per heavy atom. The molecule has 3 N–H and O–H groups in total. The molecule has 204 valence electrons. The Bertz CT molecular complexity index is 1640. The van der Waals surface area contributed by atoms with E-state index < -0.39 is 5.92 Å². The Morgan fingerprint density at radius 2 is 2.00 bits per heavy atom. The van der Waals surface area contributed by atoms with Crippen molar-refractivity contribution in [2.45, 2.75) is 43.4 Å². The maximum Gasteiger partial charge on any atom is 0.234 e. The van der Waals surface area contributed by atoms with E-state index in [1.807, 2.05) is 32.0 Å². The fraction of sp³-hybridized carbons (Fsp3) is 0.250. The van der Waals surface area contributed by atoms with Crippen LogP contribution in [0, 0.1) is 25.2 Å². The van der Waals surface area contributed by atoms with E-state index in [4.69, 9.17) is 28.9 Å². The molecule has 12 heteroatoms. The molecule has 40 heavy (non-hydrogen) atoms. The Kier molecular flexibility index (Phi) is 8.19. The molecule has 0 bridgehead atoms. The summed E-state index contributed by atoms with van der Waals surface area (Å²) in [4.78, 5) is 27.6. The number of nitrogens with zero attached hydrogens (tertiary/aromatic N) is 4. The summed E-state index contributed by atoms with van der Waals surface area (Å²) in [5.41, 5.74) is 11.4. The number of anilines is 2. The fourth-order valence-corrected chi connectivity index (χ4v) is 7.01. The van der Waals surface area contributed by atoms with Crippen molar-refractivity contribution in [1.29, 1.82) is 5.26 Å². The Hall–Kier alpha value is -3.36. The lowest BCUT2D eigenvalue weighted by Crippen LogP contribution is -2.38. The maximum atomic E-state index is 13.3. The number of carbonyl (C=O) groups is 2. The van der Waals surface area contributed by atoms with Gasteiger partial charge in [-0.2, -0.15) is 5.26 Å². The summed E-state index contributed by atoms with van der Waals surface area (Å²) >= 11 is 15.3. The van der Waals surface area contributed by atoms with E-state index >= 15 is 0 Å². The summed E-state index contributed by atoms with van der Waals surface area (Å²) < 4.78 is 0.557. The van der Waals surface area contributed by atoms with Gasteiger partial charge in [0.15, 0.2) is 10.1 Å². The molecule has 1 aromatic heterocycles. The molecule has 0 spiro atoms. The van der Waals surface area contributed by atoms with Crippen molar-refractivity contribution in [3.8, 4) is 6.07 Å². The van der Waals surface area contributed by atoms with Crippen molar-refractivity contribution in [2.75, 3.05) is 16.0 Å². The number of rotatable bonds is 6. The van der Waals surface area contributed by atoms with Crippen LogP contribution in [0.2, 0.25) is 10.0 Å². The van der Waals surface area contributed by atoms with Gasteiger partial charge in [-0.05, 0) is 55.5 Å². The molecule has 0 saturated carbocycles. The fourth-order valence-electron chi connectivity index (χ4n) is 4.91.